The molecule has 0 aliphatic heterocycles. The number of amides is 2. The lowest BCUT2D eigenvalue weighted by Gasteiger charge is -2.20. The van der Waals surface area contributed by atoms with E-state index in [9.17, 15) is 22.8 Å². The number of likely N-dealkylation sites (N-methyl/N-ethyl adjacent to an activating group) is 2. The van der Waals surface area contributed by atoms with Gasteiger partial charge in [0.15, 0.2) is 5.69 Å². The Morgan fingerprint density at radius 1 is 1.38 bits per heavy atom. The first-order valence-corrected chi connectivity index (χ1v) is 6.43. The average molecular weight is 306 g/mol. The molecule has 1 heterocycles. The lowest BCUT2D eigenvalue weighted by atomic mass is 10.4. The number of nitrogens with one attached hydrogen (secondary N) is 1. The third kappa shape index (κ3) is 5.09. The Bertz CT molecular complexity index is 499. The van der Waals surface area contributed by atoms with Gasteiger partial charge in [0, 0.05) is 19.3 Å². The molecule has 0 aromatic carbocycles. The largest absolute Gasteiger partial charge is 0.435 e. The summed E-state index contributed by atoms with van der Waals surface area (Å²) in [6.07, 6.45) is -3.46. The smallest absolute Gasteiger partial charge is 0.355 e. The van der Waals surface area contributed by atoms with Crippen LogP contribution in [-0.2, 0) is 22.3 Å². The van der Waals surface area contributed by atoms with E-state index < -0.39 is 17.8 Å². The highest BCUT2D eigenvalue weighted by Gasteiger charge is 2.33. The lowest BCUT2D eigenvalue weighted by Crippen LogP contribution is -2.42. The summed E-state index contributed by atoms with van der Waals surface area (Å²) in [5, 5.41) is 5.85. The Hall–Kier alpha value is -2.06. The maximum absolute atomic E-state index is 12.4. The number of hydrogen-bond donors (Lipinski definition) is 1. The van der Waals surface area contributed by atoms with Crippen LogP contribution in [0.3, 0.4) is 0 Å². The number of carbonyl (C=O) groups is 2. The molecule has 0 aliphatic carbocycles. The average Bonchev–Trinajstić information content (AvgIpc) is 2.84. The van der Waals surface area contributed by atoms with Gasteiger partial charge in [0.25, 0.3) is 0 Å². The molecule has 6 nitrogen and oxygen atoms in total. The molecule has 0 atom stereocenters. The van der Waals surface area contributed by atoms with Crippen LogP contribution in [-0.4, -0.2) is 46.1 Å². The predicted molar refractivity (Wildman–Crippen MR) is 68.2 cm³/mol. The summed E-state index contributed by atoms with van der Waals surface area (Å²) in [5.41, 5.74) is -1.05. The van der Waals surface area contributed by atoms with Gasteiger partial charge >= 0.3 is 6.18 Å². The summed E-state index contributed by atoms with van der Waals surface area (Å²) in [6.45, 7) is 3.68. The van der Waals surface area contributed by atoms with E-state index in [1.54, 1.807) is 13.8 Å². The van der Waals surface area contributed by atoms with Crippen LogP contribution in [0.5, 0.6) is 0 Å². The zero-order chi connectivity index (χ0) is 16.0. The quantitative estimate of drug-likeness (QED) is 0.848. The summed E-state index contributed by atoms with van der Waals surface area (Å²) < 4.78 is 38.1. The van der Waals surface area contributed by atoms with E-state index in [2.05, 4.69) is 10.4 Å². The van der Waals surface area contributed by atoms with Crippen LogP contribution in [0.2, 0.25) is 0 Å². The highest BCUT2D eigenvalue weighted by molar-refractivity contribution is 5.84. The minimum atomic E-state index is -4.54. The zero-order valence-electron chi connectivity index (χ0n) is 11.8. The third-order valence-corrected chi connectivity index (χ3v) is 2.67. The van der Waals surface area contributed by atoms with Crippen LogP contribution in [0.15, 0.2) is 12.3 Å². The third-order valence-electron chi connectivity index (χ3n) is 2.67. The number of carbonyl (C=O) groups excluding carboxylic acids is 2. The number of halogens is 3. The Labute approximate surface area is 119 Å². The van der Waals surface area contributed by atoms with E-state index in [-0.39, 0.29) is 25.5 Å². The Balaban J connectivity index is 2.66. The molecular formula is C12H17F3N4O2. The first kappa shape index (κ1) is 17.0. The minimum Gasteiger partial charge on any atom is -0.355 e. The summed E-state index contributed by atoms with van der Waals surface area (Å²) in [6, 6.07) is 0.799. The molecule has 0 fully saturated rings. The summed E-state index contributed by atoms with van der Waals surface area (Å²) in [4.78, 5) is 24.6. The van der Waals surface area contributed by atoms with Crippen LogP contribution in [0, 0.1) is 0 Å². The molecule has 0 bridgehead atoms. The van der Waals surface area contributed by atoms with Gasteiger partial charge in [0.05, 0.1) is 6.54 Å². The van der Waals surface area contributed by atoms with Gasteiger partial charge in [-0.25, -0.2) is 0 Å². The molecule has 9 heteroatoms. The van der Waals surface area contributed by atoms with Crippen LogP contribution >= 0.6 is 0 Å². The molecule has 1 aromatic heterocycles. The van der Waals surface area contributed by atoms with E-state index in [4.69, 9.17) is 0 Å². The van der Waals surface area contributed by atoms with Crippen LogP contribution in [0.25, 0.3) is 0 Å². The summed E-state index contributed by atoms with van der Waals surface area (Å²) in [7, 11) is 0. The van der Waals surface area contributed by atoms with E-state index in [0.717, 1.165) is 16.9 Å². The molecule has 0 unspecified atom stereocenters. The monoisotopic (exact) mass is 306 g/mol. The molecular weight excluding hydrogens is 289 g/mol. The maximum Gasteiger partial charge on any atom is 0.435 e. The highest BCUT2D eigenvalue weighted by Crippen LogP contribution is 2.27. The lowest BCUT2D eigenvalue weighted by molar-refractivity contribution is -0.142. The minimum absolute atomic E-state index is 0.128. The van der Waals surface area contributed by atoms with Crippen LogP contribution in [0.4, 0.5) is 13.2 Å². The van der Waals surface area contributed by atoms with E-state index in [0.29, 0.717) is 6.54 Å². The Morgan fingerprint density at radius 3 is 2.52 bits per heavy atom. The van der Waals surface area contributed by atoms with Gasteiger partial charge in [-0.1, -0.05) is 0 Å². The number of nitrogens with zero attached hydrogens (tertiary/aromatic N) is 3. The normalized spacial score (nSPS) is 11.3. The molecule has 0 saturated heterocycles. The molecule has 1 aromatic rings. The van der Waals surface area contributed by atoms with Crippen molar-refractivity contribution in [3.63, 3.8) is 0 Å². The second kappa shape index (κ2) is 7.09. The highest BCUT2D eigenvalue weighted by atomic mass is 19.4. The second-order valence-electron chi connectivity index (χ2n) is 4.26. The van der Waals surface area contributed by atoms with Gasteiger partial charge in [-0.3, -0.25) is 14.3 Å². The van der Waals surface area contributed by atoms with Gasteiger partial charge in [-0.2, -0.15) is 18.3 Å². The molecule has 1 rings (SSSR count). The van der Waals surface area contributed by atoms with Crippen molar-refractivity contribution in [3.8, 4) is 0 Å². The van der Waals surface area contributed by atoms with Gasteiger partial charge in [-0.15, -0.1) is 0 Å². The molecule has 0 saturated carbocycles. The molecule has 118 valence electrons. The van der Waals surface area contributed by atoms with Crippen molar-refractivity contribution in [1.82, 2.24) is 20.0 Å². The second-order valence-corrected chi connectivity index (χ2v) is 4.26. The number of rotatable bonds is 6. The number of aromatic nitrogens is 2. The molecule has 2 amide bonds. The van der Waals surface area contributed by atoms with E-state index in [1.807, 2.05) is 0 Å². The molecule has 1 N–H and O–H groups in total. The summed E-state index contributed by atoms with van der Waals surface area (Å²) >= 11 is 0. The van der Waals surface area contributed by atoms with Crippen molar-refractivity contribution in [1.29, 1.82) is 0 Å². The van der Waals surface area contributed by atoms with E-state index in [1.165, 1.54) is 4.90 Å². The Morgan fingerprint density at radius 2 is 2.05 bits per heavy atom. The predicted octanol–water partition coefficient (Wildman–Crippen LogP) is 0.887. The Kier molecular flexibility index (Phi) is 5.74. The van der Waals surface area contributed by atoms with Crippen LogP contribution < -0.4 is 5.32 Å². The number of hydrogen-bond acceptors (Lipinski definition) is 3. The fraction of sp³-hybridized carbons (Fsp3) is 0.583. The van der Waals surface area contributed by atoms with E-state index >= 15 is 0 Å². The zero-order valence-corrected chi connectivity index (χ0v) is 11.8. The molecule has 0 aliphatic rings. The van der Waals surface area contributed by atoms with Crippen molar-refractivity contribution >= 4 is 11.8 Å². The first-order chi connectivity index (χ1) is 9.77. The van der Waals surface area contributed by atoms with Crippen molar-refractivity contribution in [2.24, 2.45) is 0 Å². The van der Waals surface area contributed by atoms with Gasteiger partial charge in [0.2, 0.25) is 11.8 Å². The molecule has 21 heavy (non-hydrogen) atoms. The van der Waals surface area contributed by atoms with Crippen molar-refractivity contribution in [3.05, 3.63) is 18.0 Å². The van der Waals surface area contributed by atoms with Gasteiger partial charge in [0.1, 0.15) is 6.54 Å². The fourth-order valence-electron chi connectivity index (χ4n) is 1.64. The fourth-order valence-corrected chi connectivity index (χ4v) is 1.64. The van der Waals surface area contributed by atoms with Crippen molar-refractivity contribution in [2.45, 2.75) is 26.6 Å². The topological polar surface area (TPSA) is 67.2 Å². The first-order valence-electron chi connectivity index (χ1n) is 6.43. The standard InChI is InChI=1S/C12H17F3N4O2/c1-3-16-10(20)7-18(4-2)11(21)8-19-6-5-9(17-19)12(13,14)15/h5-6H,3-4,7-8H2,1-2H3,(H,16,20). The van der Waals surface area contributed by atoms with Crippen LogP contribution in [0.1, 0.15) is 19.5 Å². The van der Waals surface area contributed by atoms with Crippen molar-refractivity contribution < 1.29 is 22.8 Å². The van der Waals surface area contributed by atoms with Gasteiger partial charge in [-0.05, 0) is 19.9 Å². The SMILES string of the molecule is CCNC(=O)CN(CC)C(=O)Cn1ccc(C(F)(F)F)n1. The molecule has 0 radical (unpaired) electrons. The maximum atomic E-state index is 12.4. The number of alkyl halides is 3. The summed E-state index contributed by atoms with van der Waals surface area (Å²) in [5.74, 6) is -0.787. The van der Waals surface area contributed by atoms with Crippen molar-refractivity contribution in [2.75, 3.05) is 19.6 Å². The van der Waals surface area contributed by atoms with Gasteiger partial charge < -0.3 is 10.2 Å². The molecule has 0 spiro atoms.